The normalized spacial score (nSPS) is 13.6. The van der Waals surface area contributed by atoms with Crippen LogP contribution in [0.3, 0.4) is 0 Å². The lowest BCUT2D eigenvalue weighted by Crippen LogP contribution is -2.44. The highest BCUT2D eigenvalue weighted by Crippen LogP contribution is 2.28. The van der Waals surface area contributed by atoms with Gasteiger partial charge in [-0.05, 0) is 31.9 Å². The summed E-state index contributed by atoms with van der Waals surface area (Å²) in [6, 6.07) is 10.7. The van der Waals surface area contributed by atoms with Crippen molar-refractivity contribution in [2.24, 2.45) is 0 Å². The minimum Gasteiger partial charge on any atom is -0.503 e. The maximum absolute atomic E-state index is 12.5. The molecule has 0 radical (unpaired) electrons. The minimum atomic E-state index is -0.613. The first-order valence-electron chi connectivity index (χ1n) is 11.2. The minimum absolute atomic E-state index is 0.139. The fraction of sp³-hybridized carbons (Fsp3) is 0.480. The zero-order chi connectivity index (χ0) is 24.2. The number of aromatic hydroxyl groups is 1. The van der Waals surface area contributed by atoms with Crippen molar-refractivity contribution in [1.82, 2.24) is 4.98 Å². The molecule has 1 aromatic carbocycles. The first kappa shape index (κ1) is 26.1. The largest absolute Gasteiger partial charge is 0.503 e. The van der Waals surface area contributed by atoms with Crippen molar-refractivity contribution in [3.63, 3.8) is 0 Å². The van der Waals surface area contributed by atoms with Crippen LogP contribution in [-0.4, -0.2) is 53.9 Å². The average Bonchev–Trinajstić information content (AvgIpc) is 2.83. The summed E-state index contributed by atoms with van der Waals surface area (Å²) in [5, 5.41) is 10.1. The molecule has 33 heavy (non-hydrogen) atoms. The van der Waals surface area contributed by atoms with Crippen molar-refractivity contribution >= 4 is 11.8 Å². The molecule has 0 saturated heterocycles. The number of para-hydroxylation sites is 1. The summed E-state index contributed by atoms with van der Waals surface area (Å²) in [5.74, 6) is -0.584. The van der Waals surface area contributed by atoms with Crippen LogP contribution < -0.4 is 9.47 Å². The number of esters is 1. The van der Waals surface area contributed by atoms with E-state index in [1.807, 2.05) is 44.2 Å². The van der Waals surface area contributed by atoms with E-state index in [1.165, 1.54) is 19.4 Å². The highest BCUT2D eigenvalue weighted by atomic mass is 16.6. The Labute approximate surface area is 194 Å². The highest BCUT2D eigenvalue weighted by molar-refractivity contribution is 5.98. The standard InChI is InChI=1S/C25H33NO7/c1-5-16-31-20(6-2)25(33-18-10-8-7-9-11-18)17(3)32-22(28)13-12-19(27)23-24(29)21(30-4)14-15-26-23/h7-11,14-15,17,20,25,29H,5-6,12-13,16H2,1-4H3/t17-,20-,25-/m0/s1. The van der Waals surface area contributed by atoms with E-state index < -0.39 is 24.0 Å². The molecule has 0 bridgehead atoms. The molecular formula is C25H33NO7. The zero-order valence-electron chi connectivity index (χ0n) is 19.7. The molecule has 0 aliphatic carbocycles. The predicted molar refractivity (Wildman–Crippen MR) is 123 cm³/mol. The van der Waals surface area contributed by atoms with Gasteiger partial charge in [-0.25, -0.2) is 4.98 Å². The summed E-state index contributed by atoms with van der Waals surface area (Å²) < 4.78 is 22.7. The highest BCUT2D eigenvalue weighted by Gasteiger charge is 2.31. The van der Waals surface area contributed by atoms with Gasteiger partial charge in [0.2, 0.25) is 0 Å². The average molecular weight is 460 g/mol. The Kier molecular flexibility index (Phi) is 10.6. The number of hydrogen-bond acceptors (Lipinski definition) is 8. The van der Waals surface area contributed by atoms with Gasteiger partial charge in [-0.2, -0.15) is 0 Å². The molecule has 8 heteroatoms. The third-order valence-electron chi connectivity index (χ3n) is 5.03. The molecule has 0 fully saturated rings. The van der Waals surface area contributed by atoms with Gasteiger partial charge in [0.15, 0.2) is 29.1 Å². The third kappa shape index (κ3) is 7.75. The first-order valence-corrected chi connectivity index (χ1v) is 11.2. The topological polar surface area (TPSA) is 104 Å². The van der Waals surface area contributed by atoms with Crippen molar-refractivity contribution in [2.75, 3.05) is 13.7 Å². The van der Waals surface area contributed by atoms with E-state index in [0.29, 0.717) is 18.8 Å². The summed E-state index contributed by atoms with van der Waals surface area (Å²) in [5.41, 5.74) is -0.139. The van der Waals surface area contributed by atoms with Crippen molar-refractivity contribution in [1.29, 1.82) is 0 Å². The molecular weight excluding hydrogens is 426 g/mol. The van der Waals surface area contributed by atoms with Gasteiger partial charge in [0, 0.05) is 25.3 Å². The lowest BCUT2D eigenvalue weighted by atomic mass is 10.1. The smallest absolute Gasteiger partial charge is 0.306 e. The van der Waals surface area contributed by atoms with Gasteiger partial charge in [-0.1, -0.05) is 32.0 Å². The number of nitrogens with zero attached hydrogens (tertiary/aromatic N) is 1. The molecule has 1 aromatic heterocycles. The van der Waals surface area contributed by atoms with Crippen LogP contribution in [0, 0.1) is 0 Å². The van der Waals surface area contributed by atoms with Crippen molar-refractivity contribution < 1.29 is 33.6 Å². The fourth-order valence-corrected chi connectivity index (χ4v) is 3.32. The molecule has 180 valence electrons. The third-order valence-corrected chi connectivity index (χ3v) is 5.03. The Balaban J connectivity index is 2.02. The van der Waals surface area contributed by atoms with Crippen LogP contribution in [0.25, 0.3) is 0 Å². The van der Waals surface area contributed by atoms with Gasteiger partial charge in [-0.3, -0.25) is 9.59 Å². The van der Waals surface area contributed by atoms with E-state index in [0.717, 1.165) is 6.42 Å². The SMILES string of the molecule is CCCO[C@@H](CC)[C@@H](Oc1ccccc1)[C@H](C)OC(=O)CCC(=O)c1nccc(OC)c1O. The molecule has 3 atom stereocenters. The van der Waals surface area contributed by atoms with Gasteiger partial charge in [0.05, 0.1) is 19.6 Å². The van der Waals surface area contributed by atoms with E-state index in [-0.39, 0.29) is 36.1 Å². The number of carbonyl (C=O) groups is 2. The maximum atomic E-state index is 12.5. The van der Waals surface area contributed by atoms with Crippen LogP contribution >= 0.6 is 0 Å². The summed E-state index contributed by atoms with van der Waals surface area (Å²) in [4.78, 5) is 28.8. The van der Waals surface area contributed by atoms with Crippen molar-refractivity contribution in [2.45, 2.75) is 64.8 Å². The fourth-order valence-electron chi connectivity index (χ4n) is 3.32. The lowest BCUT2D eigenvalue weighted by Gasteiger charge is -2.31. The summed E-state index contributed by atoms with van der Waals surface area (Å²) in [7, 11) is 1.38. The van der Waals surface area contributed by atoms with Crippen molar-refractivity contribution in [3.05, 3.63) is 48.3 Å². The van der Waals surface area contributed by atoms with E-state index >= 15 is 0 Å². The van der Waals surface area contributed by atoms with E-state index in [2.05, 4.69) is 4.98 Å². The van der Waals surface area contributed by atoms with Crippen LogP contribution in [0.15, 0.2) is 42.6 Å². The molecule has 0 unspecified atom stereocenters. The molecule has 0 aliphatic rings. The number of ether oxygens (including phenoxy) is 4. The first-order chi connectivity index (χ1) is 15.9. The molecule has 1 heterocycles. The molecule has 2 rings (SSSR count). The molecule has 8 nitrogen and oxygen atoms in total. The van der Waals surface area contributed by atoms with Crippen LogP contribution in [0.1, 0.15) is 56.9 Å². The molecule has 1 N–H and O–H groups in total. The predicted octanol–water partition coefficient (Wildman–Crippen LogP) is 4.34. The molecule has 0 saturated carbocycles. The quantitative estimate of drug-likeness (QED) is 0.329. The number of hydrogen-bond donors (Lipinski definition) is 1. The Bertz CT molecular complexity index is 888. The number of ketones is 1. The summed E-state index contributed by atoms with van der Waals surface area (Å²) in [6.07, 6.45) is 1.17. The van der Waals surface area contributed by atoms with Crippen LogP contribution in [0.4, 0.5) is 0 Å². The Morgan fingerprint density at radius 2 is 1.82 bits per heavy atom. The van der Waals surface area contributed by atoms with Crippen LogP contribution in [-0.2, 0) is 14.3 Å². The van der Waals surface area contributed by atoms with Gasteiger partial charge < -0.3 is 24.1 Å². The molecule has 0 aliphatic heterocycles. The Morgan fingerprint density at radius 1 is 1.09 bits per heavy atom. The molecule has 0 amide bonds. The maximum Gasteiger partial charge on any atom is 0.306 e. The van der Waals surface area contributed by atoms with Gasteiger partial charge >= 0.3 is 5.97 Å². The lowest BCUT2D eigenvalue weighted by molar-refractivity contribution is -0.158. The number of rotatable bonds is 14. The second-order valence-electron chi connectivity index (χ2n) is 7.54. The van der Waals surface area contributed by atoms with Gasteiger partial charge in [0.1, 0.15) is 11.9 Å². The van der Waals surface area contributed by atoms with Gasteiger partial charge in [-0.15, -0.1) is 0 Å². The number of carbonyl (C=O) groups excluding carboxylic acids is 2. The van der Waals surface area contributed by atoms with Crippen molar-refractivity contribution in [3.8, 4) is 17.2 Å². The summed E-state index contributed by atoms with van der Waals surface area (Å²) >= 11 is 0. The number of Topliss-reactive ketones (excluding diaryl/α,β-unsaturated/α-hetero) is 1. The number of methoxy groups -OCH3 is 1. The van der Waals surface area contributed by atoms with Gasteiger partial charge in [0.25, 0.3) is 0 Å². The zero-order valence-corrected chi connectivity index (χ0v) is 19.7. The van der Waals surface area contributed by atoms with E-state index in [9.17, 15) is 14.7 Å². The second kappa shape index (κ2) is 13.4. The summed E-state index contributed by atoms with van der Waals surface area (Å²) in [6.45, 7) is 6.33. The van der Waals surface area contributed by atoms with E-state index in [1.54, 1.807) is 6.92 Å². The Morgan fingerprint density at radius 3 is 2.45 bits per heavy atom. The molecule has 2 aromatic rings. The number of benzene rings is 1. The van der Waals surface area contributed by atoms with Crippen LogP contribution in [0.5, 0.6) is 17.2 Å². The van der Waals surface area contributed by atoms with E-state index in [4.69, 9.17) is 18.9 Å². The monoisotopic (exact) mass is 459 g/mol. The van der Waals surface area contributed by atoms with Crippen LogP contribution in [0.2, 0.25) is 0 Å². The second-order valence-corrected chi connectivity index (χ2v) is 7.54. The molecule has 0 spiro atoms. The Hall–Kier alpha value is -3.13. The number of aromatic nitrogens is 1. The number of pyridine rings is 1.